The molecule has 2 aromatic carbocycles. The quantitative estimate of drug-likeness (QED) is 0.319. The van der Waals surface area contributed by atoms with Crippen molar-refractivity contribution in [2.45, 2.75) is 69.6 Å². The first kappa shape index (κ1) is 26.0. The number of benzene rings is 2. The van der Waals surface area contributed by atoms with Crippen LogP contribution in [0, 0.1) is 0 Å². The average Bonchev–Trinajstić information content (AvgIpc) is 2.65. The molecule has 0 fully saturated rings. The van der Waals surface area contributed by atoms with Crippen molar-refractivity contribution in [2.75, 3.05) is 0 Å². The predicted octanol–water partition coefficient (Wildman–Crippen LogP) is 2.49. The molecular formula is C22H29NaO5S. The minimum absolute atomic E-state index is 0. The van der Waals surface area contributed by atoms with Gasteiger partial charge >= 0.3 is 29.6 Å². The average molecular weight is 429 g/mol. The Hall–Kier alpha value is -1.05. The largest absolute Gasteiger partial charge is 1.00 e. The Kier molecular flexibility index (Phi) is 11.9. The van der Waals surface area contributed by atoms with Crippen LogP contribution < -0.4 is 39.4 Å². The zero-order valence-electron chi connectivity index (χ0n) is 17.4. The molecule has 0 radical (unpaired) electrons. The molecule has 154 valence electrons. The second kappa shape index (κ2) is 13.3. The Morgan fingerprint density at radius 1 is 0.897 bits per heavy atom. The number of rotatable bonds is 12. The molecule has 0 bridgehead atoms. The van der Waals surface area contributed by atoms with Gasteiger partial charge in [0.15, 0.2) is 0 Å². The van der Waals surface area contributed by atoms with Gasteiger partial charge in [0.05, 0.1) is 0 Å². The molecule has 0 saturated heterocycles. The van der Waals surface area contributed by atoms with E-state index in [0.717, 1.165) is 19.3 Å². The van der Waals surface area contributed by atoms with Crippen LogP contribution in [0.15, 0.2) is 47.4 Å². The van der Waals surface area contributed by atoms with Crippen LogP contribution >= 0.6 is 0 Å². The minimum atomic E-state index is -4.34. The van der Waals surface area contributed by atoms with Gasteiger partial charge < -0.3 is 9.84 Å². The maximum Gasteiger partial charge on any atom is 1.00 e. The molecule has 2 rings (SSSR count). The third kappa shape index (κ3) is 9.09. The number of hydrogen-bond donors (Lipinski definition) is 1. The maximum absolute atomic E-state index is 11.8. The van der Waals surface area contributed by atoms with E-state index in [9.17, 15) is 18.1 Å². The summed E-state index contributed by atoms with van der Waals surface area (Å²) in [6, 6.07) is 10.5. The van der Waals surface area contributed by atoms with Crippen LogP contribution in [0.4, 0.5) is 0 Å². The van der Waals surface area contributed by atoms with Crippen LogP contribution in [0.25, 0.3) is 0 Å². The van der Waals surface area contributed by atoms with Gasteiger partial charge in [0, 0.05) is 5.56 Å². The Labute approximate surface area is 196 Å². The molecule has 0 atom stereocenters. The molecule has 0 aliphatic rings. The fraction of sp³-hybridized carbons (Fsp3) is 0.455. The summed E-state index contributed by atoms with van der Waals surface area (Å²) in [5.74, 6) is 0.708. The van der Waals surface area contributed by atoms with Gasteiger partial charge in [-0.2, -0.15) is 8.42 Å². The number of unbranched alkanes of at least 4 members (excludes halogenated alkanes) is 7. The Bertz CT molecular complexity index is 835. The van der Waals surface area contributed by atoms with Crippen LogP contribution in [-0.4, -0.2) is 13.0 Å². The summed E-state index contributed by atoms with van der Waals surface area (Å²) in [7, 11) is -4.34. The summed E-state index contributed by atoms with van der Waals surface area (Å²) >= 11 is 0. The maximum atomic E-state index is 11.8. The zero-order valence-corrected chi connectivity index (χ0v) is 20.2. The first-order valence-electron chi connectivity index (χ1n) is 9.96. The third-order valence-electron chi connectivity index (χ3n) is 4.70. The molecule has 0 saturated carbocycles. The Balaban J connectivity index is 0.00000420. The fourth-order valence-corrected chi connectivity index (χ4v) is 3.96. The molecule has 0 spiro atoms. The molecule has 7 heteroatoms. The van der Waals surface area contributed by atoms with E-state index in [1.54, 1.807) is 18.2 Å². The van der Waals surface area contributed by atoms with Crippen LogP contribution in [0.1, 0.15) is 63.9 Å². The molecule has 0 aromatic heterocycles. The molecular weight excluding hydrogens is 399 g/mol. The van der Waals surface area contributed by atoms with E-state index in [2.05, 4.69) is 6.92 Å². The third-order valence-corrected chi connectivity index (χ3v) is 5.64. The smallest absolute Gasteiger partial charge is 0.872 e. The van der Waals surface area contributed by atoms with E-state index < -0.39 is 10.1 Å². The number of ether oxygens (including phenoxy) is 1. The predicted molar refractivity (Wildman–Crippen MR) is 109 cm³/mol. The van der Waals surface area contributed by atoms with Crippen molar-refractivity contribution in [3.05, 3.63) is 48.0 Å². The topological polar surface area (TPSA) is 86.7 Å². The van der Waals surface area contributed by atoms with E-state index >= 15 is 0 Å². The molecule has 0 aliphatic heterocycles. The summed E-state index contributed by atoms with van der Waals surface area (Å²) < 4.78 is 39.0. The Morgan fingerprint density at radius 3 is 2.07 bits per heavy atom. The fourth-order valence-electron chi connectivity index (χ4n) is 3.20. The van der Waals surface area contributed by atoms with E-state index in [0.29, 0.717) is 23.5 Å². The molecule has 0 aliphatic carbocycles. The van der Waals surface area contributed by atoms with Crippen molar-refractivity contribution in [2.24, 2.45) is 0 Å². The summed E-state index contributed by atoms with van der Waals surface area (Å²) in [4.78, 5) is -0.117. The second-order valence-electron chi connectivity index (χ2n) is 7.01. The van der Waals surface area contributed by atoms with E-state index in [4.69, 9.17) is 4.74 Å². The Morgan fingerprint density at radius 2 is 1.48 bits per heavy atom. The van der Waals surface area contributed by atoms with Crippen LogP contribution in [-0.2, 0) is 16.5 Å². The molecule has 0 amide bonds. The van der Waals surface area contributed by atoms with Gasteiger partial charge in [-0.3, -0.25) is 4.55 Å². The van der Waals surface area contributed by atoms with Crippen LogP contribution in [0.2, 0.25) is 0 Å². The van der Waals surface area contributed by atoms with Gasteiger partial charge in [0.2, 0.25) is 0 Å². The minimum Gasteiger partial charge on any atom is -0.872 e. The molecule has 0 unspecified atom stereocenters. The molecule has 1 N–H and O–H groups in total. The van der Waals surface area contributed by atoms with Gasteiger partial charge in [0.1, 0.15) is 16.4 Å². The van der Waals surface area contributed by atoms with Crippen molar-refractivity contribution in [3.63, 3.8) is 0 Å². The van der Waals surface area contributed by atoms with Crippen LogP contribution in [0.3, 0.4) is 0 Å². The van der Waals surface area contributed by atoms with Crippen molar-refractivity contribution in [3.8, 4) is 17.2 Å². The van der Waals surface area contributed by atoms with Gasteiger partial charge in [-0.15, -0.1) is 5.75 Å². The van der Waals surface area contributed by atoms with E-state index in [1.807, 2.05) is 0 Å². The first-order chi connectivity index (χ1) is 13.4. The molecule has 29 heavy (non-hydrogen) atoms. The SMILES string of the molecule is CCCCCCCCCCc1c(Oc2ccc([O-])cc2)cccc1S(=O)(=O)O.[Na+]. The normalized spacial score (nSPS) is 11.1. The standard InChI is InChI=1S/C22H30O5S.Na/c1-2-3-4-5-6-7-8-9-11-20-21(12-10-13-22(20)28(24,25)26)27-19-16-14-18(23)15-17-19;/h10,12-17,23H,2-9,11H2,1H3,(H,24,25,26);/q;+1/p-1. The van der Waals surface area contributed by atoms with Gasteiger partial charge in [-0.1, -0.05) is 70.1 Å². The van der Waals surface area contributed by atoms with Crippen molar-refractivity contribution in [1.82, 2.24) is 0 Å². The van der Waals surface area contributed by atoms with Crippen molar-refractivity contribution >= 4 is 10.1 Å². The summed E-state index contributed by atoms with van der Waals surface area (Å²) in [5.41, 5.74) is 0.474. The van der Waals surface area contributed by atoms with E-state index in [1.165, 1.54) is 56.4 Å². The van der Waals surface area contributed by atoms with Crippen molar-refractivity contribution < 1.29 is 52.4 Å². The monoisotopic (exact) mass is 428 g/mol. The second-order valence-corrected chi connectivity index (χ2v) is 8.40. The summed E-state index contributed by atoms with van der Waals surface area (Å²) in [6.45, 7) is 2.20. The van der Waals surface area contributed by atoms with E-state index in [-0.39, 0.29) is 40.2 Å². The molecule has 2 aromatic rings. The summed E-state index contributed by atoms with van der Waals surface area (Å²) in [5, 5.41) is 11.2. The van der Waals surface area contributed by atoms with Gasteiger partial charge in [0.25, 0.3) is 10.1 Å². The number of hydrogen-bond acceptors (Lipinski definition) is 4. The van der Waals surface area contributed by atoms with Gasteiger partial charge in [-0.25, -0.2) is 0 Å². The van der Waals surface area contributed by atoms with Gasteiger partial charge in [-0.05, 0) is 37.1 Å². The zero-order chi connectivity index (χ0) is 20.4. The molecule has 5 nitrogen and oxygen atoms in total. The first-order valence-corrected chi connectivity index (χ1v) is 11.4. The van der Waals surface area contributed by atoms with Crippen LogP contribution in [0.5, 0.6) is 17.2 Å². The molecule has 0 heterocycles. The van der Waals surface area contributed by atoms with Crippen molar-refractivity contribution in [1.29, 1.82) is 0 Å². The summed E-state index contributed by atoms with van der Waals surface area (Å²) in [6.07, 6.45) is 9.61.